The van der Waals surface area contributed by atoms with Gasteiger partial charge >= 0.3 is 0 Å². The number of aliphatic imine (C=N–C) groups is 1. The second-order valence-corrected chi connectivity index (χ2v) is 8.08. The molecule has 0 aliphatic carbocycles. The number of morpholine rings is 1. The van der Waals surface area contributed by atoms with Gasteiger partial charge in [-0.15, -0.1) is 0 Å². The minimum atomic E-state index is 0.169. The fraction of sp³-hybridized carbons (Fsp3) is 0.650. The zero-order chi connectivity index (χ0) is 19.8. The van der Waals surface area contributed by atoms with E-state index in [0.29, 0.717) is 6.61 Å². The van der Waals surface area contributed by atoms with Crippen LogP contribution in [0.3, 0.4) is 0 Å². The van der Waals surface area contributed by atoms with E-state index >= 15 is 0 Å². The van der Waals surface area contributed by atoms with E-state index in [1.54, 1.807) is 14.2 Å². The molecule has 2 aliphatic heterocycles. The third kappa shape index (κ3) is 5.04. The Balaban J connectivity index is 1.64. The first-order valence-electron chi connectivity index (χ1n) is 9.90. The van der Waals surface area contributed by atoms with Gasteiger partial charge in [0.2, 0.25) is 0 Å². The number of thioether (sulfide) groups is 1. The lowest BCUT2D eigenvalue weighted by molar-refractivity contribution is -0.0119. The number of benzene rings is 1. The highest BCUT2D eigenvalue weighted by atomic mass is 32.2. The number of rotatable bonds is 7. The van der Waals surface area contributed by atoms with Gasteiger partial charge in [-0.25, -0.2) is 0 Å². The van der Waals surface area contributed by atoms with Crippen molar-refractivity contribution in [2.24, 2.45) is 4.99 Å². The Hall–Kier alpha value is -1.64. The van der Waals surface area contributed by atoms with Crippen LogP contribution in [0.2, 0.25) is 0 Å². The molecule has 156 valence electrons. The molecular formula is C20H32N4O3S. The lowest BCUT2D eigenvalue weighted by Crippen LogP contribution is -2.59. The average molecular weight is 409 g/mol. The summed E-state index contributed by atoms with van der Waals surface area (Å²) in [6.45, 7) is 7.08. The van der Waals surface area contributed by atoms with E-state index in [4.69, 9.17) is 14.2 Å². The molecule has 0 radical (unpaired) electrons. The van der Waals surface area contributed by atoms with Crippen molar-refractivity contribution in [1.82, 2.24) is 10.2 Å². The number of guanidine groups is 1. The molecule has 2 N–H and O–H groups in total. The fourth-order valence-electron chi connectivity index (χ4n) is 3.72. The Labute approximate surface area is 172 Å². The lowest BCUT2D eigenvalue weighted by atomic mass is 9.95. The molecule has 2 fully saturated rings. The van der Waals surface area contributed by atoms with Crippen LogP contribution >= 0.6 is 11.8 Å². The molecule has 0 aromatic heterocycles. The molecule has 1 unspecified atom stereocenters. The smallest absolute Gasteiger partial charge is 0.195 e. The molecule has 0 bridgehead atoms. The van der Waals surface area contributed by atoms with Crippen LogP contribution in [-0.2, 0) is 4.74 Å². The Morgan fingerprint density at radius 2 is 2.14 bits per heavy atom. The first-order valence-corrected chi connectivity index (χ1v) is 11.1. The van der Waals surface area contributed by atoms with Crippen molar-refractivity contribution in [2.45, 2.75) is 18.9 Å². The van der Waals surface area contributed by atoms with E-state index in [1.165, 1.54) is 12.2 Å². The second kappa shape index (κ2) is 10.2. The Morgan fingerprint density at radius 3 is 2.79 bits per heavy atom. The minimum Gasteiger partial charge on any atom is -0.493 e. The first kappa shape index (κ1) is 21.1. The number of ether oxygens (including phenoxy) is 3. The van der Waals surface area contributed by atoms with Crippen LogP contribution in [0.25, 0.3) is 0 Å². The van der Waals surface area contributed by atoms with Crippen LogP contribution in [0.15, 0.2) is 23.2 Å². The molecule has 0 amide bonds. The third-order valence-corrected chi connectivity index (χ3v) is 6.53. The van der Waals surface area contributed by atoms with E-state index in [2.05, 4.69) is 20.5 Å². The summed E-state index contributed by atoms with van der Waals surface area (Å²) in [6.07, 6.45) is 1.19. The lowest BCUT2D eigenvalue weighted by Gasteiger charge is -2.43. The number of hydrogen-bond donors (Lipinski definition) is 2. The quantitative estimate of drug-likeness (QED) is 0.530. The summed E-state index contributed by atoms with van der Waals surface area (Å²) in [5.41, 5.74) is 1.08. The van der Waals surface area contributed by atoms with E-state index in [1.807, 2.05) is 36.9 Å². The van der Waals surface area contributed by atoms with Gasteiger partial charge in [-0.1, -0.05) is 0 Å². The molecule has 1 aromatic carbocycles. The molecule has 1 atom stereocenters. The van der Waals surface area contributed by atoms with Gasteiger partial charge in [0.25, 0.3) is 0 Å². The van der Waals surface area contributed by atoms with Gasteiger partial charge < -0.3 is 24.8 Å². The summed E-state index contributed by atoms with van der Waals surface area (Å²) in [5, 5.41) is 6.93. The zero-order valence-electron chi connectivity index (χ0n) is 17.1. The van der Waals surface area contributed by atoms with Crippen molar-refractivity contribution in [3.05, 3.63) is 18.2 Å². The topological polar surface area (TPSA) is 67.4 Å². The van der Waals surface area contributed by atoms with Crippen LogP contribution in [0, 0.1) is 0 Å². The van der Waals surface area contributed by atoms with Crippen molar-refractivity contribution in [3.63, 3.8) is 0 Å². The molecule has 1 aromatic rings. The van der Waals surface area contributed by atoms with Gasteiger partial charge in [-0.2, -0.15) is 11.8 Å². The Morgan fingerprint density at radius 1 is 1.32 bits per heavy atom. The van der Waals surface area contributed by atoms with E-state index in [0.717, 1.165) is 61.7 Å². The number of nitrogens with zero attached hydrogens (tertiary/aromatic N) is 2. The average Bonchev–Trinajstić information content (AvgIpc) is 3.22. The summed E-state index contributed by atoms with van der Waals surface area (Å²) in [5.74, 6) is 4.57. The maximum absolute atomic E-state index is 5.67. The van der Waals surface area contributed by atoms with Crippen LogP contribution in [0.1, 0.15) is 13.3 Å². The van der Waals surface area contributed by atoms with Gasteiger partial charge in [0.05, 0.1) is 26.9 Å². The van der Waals surface area contributed by atoms with Gasteiger partial charge in [-0.05, 0) is 31.2 Å². The van der Waals surface area contributed by atoms with Gasteiger partial charge in [0.15, 0.2) is 17.5 Å². The summed E-state index contributed by atoms with van der Waals surface area (Å²) < 4.78 is 16.6. The molecule has 0 spiro atoms. The minimum absolute atomic E-state index is 0.169. The van der Waals surface area contributed by atoms with Gasteiger partial charge in [0, 0.05) is 49.7 Å². The largest absolute Gasteiger partial charge is 0.493 e. The molecule has 8 heteroatoms. The monoisotopic (exact) mass is 408 g/mol. The molecular weight excluding hydrogens is 376 g/mol. The number of nitrogens with one attached hydrogen (secondary N) is 2. The van der Waals surface area contributed by atoms with Crippen LogP contribution in [-0.4, -0.2) is 81.5 Å². The molecule has 3 rings (SSSR count). The second-order valence-electron chi connectivity index (χ2n) is 6.98. The van der Waals surface area contributed by atoms with Gasteiger partial charge in [-0.3, -0.25) is 9.89 Å². The summed E-state index contributed by atoms with van der Waals surface area (Å²) in [6, 6.07) is 5.82. The van der Waals surface area contributed by atoms with E-state index in [9.17, 15) is 0 Å². The molecule has 28 heavy (non-hydrogen) atoms. The fourth-order valence-corrected chi connectivity index (χ4v) is 5.20. The maximum Gasteiger partial charge on any atom is 0.195 e. The maximum atomic E-state index is 5.67. The molecule has 7 nitrogen and oxygen atoms in total. The van der Waals surface area contributed by atoms with Gasteiger partial charge in [0.1, 0.15) is 0 Å². The molecule has 2 heterocycles. The standard InChI is InChI=1S/C20H32N4O3S/c1-4-27-18-13-16(5-6-17(18)25-3)23-19(21-2)22-14-20(7-12-28-15-20)24-8-10-26-11-9-24/h5-6,13H,4,7-12,14-15H2,1-3H3,(H2,21,22,23). The van der Waals surface area contributed by atoms with Crippen molar-refractivity contribution in [2.75, 3.05) is 70.4 Å². The SMILES string of the molecule is CCOc1cc(NC(=NC)NCC2(N3CCOCC3)CCSC2)ccc1OC. The van der Waals surface area contributed by atoms with Crippen molar-refractivity contribution in [1.29, 1.82) is 0 Å². The zero-order valence-corrected chi connectivity index (χ0v) is 17.9. The van der Waals surface area contributed by atoms with Crippen LogP contribution < -0.4 is 20.1 Å². The summed E-state index contributed by atoms with van der Waals surface area (Å²) >= 11 is 2.04. The van der Waals surface area contributed by atoms with Crippen molar-refractivity contribution in [3.8, 4) is 11.5 Å². The van der Waals surface area contributed by atoms with Crippen molar-refractivity contribution >= 4 is 23.4 Å². The normalized spacial score (nSPS) is 23.5. The van der Waals surface area contributed by atoms with Crippen LogP contribution in [0.4, 0.5) is 5.69 Å². The molecule has 0 saturated carbocycles. The number of hydrogen-bond acceptors (Lipinski definition) is 6. The first-order chi connectivity index (χ1) is 13.7. The van der Waals surface area contributed by atoms with Crippen LogP contribution in [0.5, 0.6) is 11.5 Å². The predicted molar refractivity (Wildman–Crippen MR) is 116 cm³/mol. The highest BCUT2D eigenvalue weighted by Crippen LogP contribution is 2.34. The predicted octanol–water partition coefficient (Wildman–Crippen LogP) is 2.29. The Kier molecular flexibility index (Phi) is 7.70. The summed E-state index contributed by atoms with van der Waals surface area (Å²) in [7, 11) is 3.45. The molecule has 2 aliphatic rings. The summed E-state index contributed by atoms with van der Waals surface area (Å²) in [4.78, 5) is 7.01. The highest BCUT2D eigenvalue weighted by Gasteiger charge is 2.40. The third-order valence-electron chi connectivity index (χ3n) is 5.30. The number of methoxy groups -OCH3 is 1. The van der Waals surface area contributed by atoms with E-state index in [-0.39, 0.29) is 5.54 Å². The highest BCUT2D eigenvalue weighted by molar-refractivity contribution is 7.99. The van der Waals surface area contributed by atoms with E-state index < -0.39 is 0 Å². The number of anilines is 1. The molecule has 2 saturated heterocycles. The Bertz CT molecular complexity index is 659. The van der Waals surface area contributed by atoms with Crippen molar-refractivity contribution < 1.29 is 14.2 Å².